The van der Waals surface area contributed by atoms with Crippen LogP contribution in [0.5, 0.6) is 0 Å². The third-order valence-corrected chi connectivity index (χ3v) is 5.58. The molecule has 6 heteroatoms. The second-order valence-corrected chi connectivity index (χ2v) is 8.06. The second-order valence-electron chi connectivity index (χ2n) is 8.06. The van der Waals surface area contributed by atoms with Gasteiger partial charge in [-0.05, 0) is 50.7 Å². The van der Waals surface area contributed by atoms with Crippen LogP contribution in [0.25, 0.3) is 27.7 Å². The van der Waals surface area contributed by atoms with Crippen LogP contribution in [0.15, 0.2) is 55.0 Å². The summed E-state index contributed by atoms with van der Waals surface area (Å²) in [6.07, 6.45) is 6.63. The van der Waals surface area contributed by atoms with Crippen molar-refractivity contribution in [2.45, 2.75) is 13.3 Å². The van der Waals surface area contributed by atoms with Gasteiger partial charge in [0.05, 0.1) is 0 Å². The van der Waals surface area contributed by atoms with E-state index >= 15 is 0 Å². The normalized spacial score (nSPS) is 14.3. The minimum Gasteiger partial charge on any atom is -0.387 e. The number of nitrogens with one attached hydrogen (secondary N) is 3. The van der Waals surface area contributed by atoms with Crippen molar-refractivity contribution >= 4 is 22.5 Å². The van der Waals surface area contributed by atoms with Gasteiger partial charge in [0.25, 0.3) is 5.91 Å². The molecule has 0 bridgehead atoms. The summed E-state index contributed by atoms with van der Waals surface area (Å²) in [4.78, 5) is 22.2. The number of aromatic nitrogens is 2. The third kappa shape index (κ3) is 4.11. The van der Waals surface area contributed by atoms with Gasteiger partial charge in [-0.2, -0.15) is 0 Å². The molecule has 0 spiro atoms. The molecule has 0 fully saturated rings. The molecule has 1 aliphatic rings. The van der Waals surface area contributed by atoms with Gasteiger partial charge in [0.15, 0.2) is 0 Å². The molecular weight excluding hydrogens is 386 g/mol. The van der Waals surface area contributed by atoms with Crippen molar-refractivity contribution in [1.29, 1.82) is 0 Å². The lowest BCUT2D eigenvalue weighted by Crippen LogP contribution is -2.31. The molecule has 4 rings (SSSR count). The number of aromatic amines is 1. The van der Waals surface area contributed by atoms with Crippen LogP contribution >= 0.6 is 0 Å². The van der Waals surface area contributed by atoms with Gasteiger partial charge in [-0.25, -0.2) is 4.98 Å². The number of likely N-dealkylation sites (N-methyl/N-ethyl adjacent to an activating group) is 2. The average Bonchev–Trinajstić information content (AvgIpc) is 3.17. The first-order chi connectivity index (χ1) is 15.0. The van der Waals surface area contributed by atoms with E-state index in [0.29, 0.717) is 6.54 Å². The van der Waals surface area contributed by atoms with Crippen LogP contribution in [-0.4, -0.2) is 54.5 Å². The zero-order valence-corrected chi connectivity index (χ0v) is 18.4. The Morgan fingerprint density at radius 2 is 2.13 bits per heavy atom. The smallest absolute Gasteiger partial charge is 0.251 e. The van der Waals surface area contributed by atoms with Gasteiger partial charge in [0, 0.05) is 65.4 Å². The second kappa shape index (κ2) is 8.78. The highest BCUT2D eigenvalue weighted by atomic mass is 16.1. The van der Waals surface area contributed by atoms with Crippen LogP contribution in [0.2, 0.25) is 0 Å². The summed E-state index contributed by atoms with van der Waals surface area (Å²) in [5, 5.41) is 7.44. The zero-order valence-electron chi connectivity index (χ0n) is 18.4. The van der Waals surface area contributed by atoms with Crippen molar-refractivity contribution in [3.8, 4) is 11.1 Å². The van der Waals surface area contributed by atoms with Crippen LogP contribution in [-0.2, 0) is 6.42 Å². The molecule has 1 aliphatic heterocycles. The molecule has 3 aromatic rings. The Morgan fingerprint density at radius 1 is 1.29 bits per heavy atom. The molecule has 0 radical (unpaired) electrons. The van der Waals surface area contributed by atoms with Crippen molar-refractivity contribution in [2.24, 2.45) is 0 Å². The van der Waals surface area contributed by atoms with E-state index in [1.54, 1.807) is 0 Å². The first-order valence-electron chi connectivity index (χ1n) is 10.6. The Bertz CT molecular complexity index is 1170. The lowest BCUT2D eigenvalue weighted by molar-refractivity contribution is 0.0946. The van der Waals surface area contributed by atoms with Gasteiger partial charge in [0.1, 0.15) is 5.65 Å². The molecule has 3 heterocycles. The lowest BCUT2D eigenvalue weighted by atomic mass is 9.94. The molecule has 0 atom stereocenters. The molecule has 31 heavy (non-hydrogen) atoms. The first kappa shape index (κ1) is 20.9. The largest absolute Gasteiger partial charge is 0.387 e. The minimum absolute atomic E-state index is 0.00767. The molecule has 0 saturated heterocycles. The molecule has 160 valence electrons. The predicted molar refractivity (Wildman–Crippen MR) is 127 cm³/mol. The quantitative estimate of drug-likeness (QED) is 0.516. The standard InChI is InChI=1S/C25H29N5O/c1-5-19(23(26-6-2)15-30(3)4)18-12-21-22(14-29-24(21)28-13-18)16-7-8-20-17(11-16)9-10-27-25(20)31/h5,7-8,11-14,26H,1,6,9-10,15H2,2-4H3,(H,27,31)(H,28,29)/b23-19+. The minimum atomic E-state index is 0.00767. The Morgan fingerprint density at radius 3 is 2.87 bits per heavy atom. The summed E-state index contributed by atoms with van der Waals surface area (Å²) in [5.41, 5.74) is 8.08. The number of hydrogen-bond donors (Lipinski definition) is 3. The predicted octanol–water partition coefficient (Wildman–Crippen LogP) is 3.58. The van der Waals surface area contributed by atoms with Crippen molar-refractivity contribution in [3.63, 3.8) is 0 Å². The Hall–Kier alpha value is -3.38. The number of pyridine rings is 1. The molecule has 6 nitrogen and oxygen atoms in total. The molecule has 2 aromatic heterocycles. The van der Waals surface area contributed by atoms with Crippen molar-refractivity contribution in [2.75, 3.05) is 33.7 Å². The fourth-order valence-corrected chi connectivity index (χ4v) is 4.17. The molecule has 0 unspecified atom stereocenters. The number of carbonyl (C=O) groups is 1. The lowest BCUT2D eigenvalue weighted by Gasteiger charge is -2.18. The van der Waals surface area contributed by atoms with Crippen LogP contribution in [0, 0.1) is 0 Å². The Balaban J connectivity index is 1.81. The van der Waals surface area contributed by atoms with E-state index < -0.39 is 0 Å². The van der Waals surface area contributed by atoms with Crippen LogP contribution < -0.4 is 10.6 Å². The number of benzene rings is 1. The van der Waals surface area contributed by atoms with Crippen molar-refractivity contribution in [3.05, 3.63) is 71.7 Å². The van der Waals surface area contributed by atoms with Gasteiger partial charge in [-0.1, -0.05) is 24.8 Å². The van der Waals surface area contributed by atoms with Crippen LogP contribution in [0.3, 0.4) is 0 Å². The number of carbonyl (C=O) groups excluding carboxylic acids is 1. The monoisotopic (exact) mass is 415 g/mol. The maximum Gasteiger partial charge on any atom is 0.251 e. The summed E-state index contributed by atoms with van der Waals surface area (Å²) in [5.74, 6) is 0.00767. The number of hydrogen-bond acceptors (Lipinski definition) is 4. The highest BCUT2D eigenvalue weighted by molar-refractivity contribution is 5.99. The van der Waals surface area contributed by atoms with Crippen molar-refractivity contribution < 1.29 is 4.79 Å². The van der Waals surface area contributed by atoms with Gasteiger partial charge in [-0.15, -0.1) is 0 Å². The number of nitrogens with zero attached hydrogens (tertiary/aromatic N) is 2. The summed E-state index contributed by atoms with van der Waals surface area (Å²) in [6, 6.07) is 8.23. The van der Waals surface area contributed by atoms with Crippen molar-refractivity contribution in [1.82, 2.24) is 25.5 Å². The third-order valence-electron chi connectivity index (χ3n) is 5.58. The topological polar surface area (TPSA) is 73.1 Å². The van der Waals surface area contributed by atoms with Crippen LogP contribution in [0.1, 0.15) is 28.4 Å². The fourth-order valence-electron chi connectivity index (χ4n) is 4.17. The molecule has 3 N–H and O–H groups in total. The van der Waals surface area contributed by atoms with Gasteiger partial charge in [-0.3, -0.25) is 4.79 Å². The number of rotatable bonds is 7. The van der Waals surface area contributed by atoms with E-state index in [1.165, 1.54) is 0 Å². The van der Waals surface area contributed by atoms with E-state index in [-0.39, 0.29) is 5.91 Å². The highest BCUT2D eigenvalue weighted by Crippen LogP contribution is 2.32. The molecule has 0 aliphatic carbocycles. The average molecular weight is 416 g/mol. The number of amides is 1. The number of allylic oxidation sites excluding steroid dienone is 2. The Labute approximate surface area is 183 Å². The maximum absolute atomic E-state index is 12.1. The summed E-state index contributed by atoms with van der Waals surface area (Å²) < 4.78 is 0. The van der Waals surface area contributed by atoms with E-state index in [9.17, 15) is 4.79 Å². The SMILES string of the molecule is C=C/C(=C(/CN(C)C)NCC)c1cnc2[nH]cc(-c3ccc4c(c3)CCNC4=O)c2c1. The molecule has 1 amide bonds. The summed E-state index contributed by atoms with van der Waals surface area (Å²) >= 11 is 0. The molecule has 1 aromatic carbocycles. The molecular formula is C25H29N5O. The first-order valence-corrected chi connectivity index (χ1v) is 10.6. The van der Waals surface area contributed by atoms with E-state index in [2.05, 4.69) is 65.2 Å². The zero-order chi connectivity index (χ0) is 22.0. The fraction of sp³-hybridized carbons (Fsp3) is 0.280. The maximum atomic E-state index is 12.1. The van der Waals surface area contributed by atoms with Gasteiger partial charge < -0.3 is 20.5 Å². The summed E-state index contributed by atoms with van der Waals surface area (Å²) in [7, 11) is 4.11. The van der Waals surface area contributed by atoms with Gasteiger partial charge >= 0.3 is 0 Å². The van der Waals surface area contributed by atoms with Gasteiger partial charge in [0.2, 0.25) is 0 Å². The Kier molecular flexibility index (Phi) is 5.91. The van der Waals surface area contributed by atoms with Crippen LogP contribution in [0.4, 0.5) is 0 Å². The molecule has 0 saturated carbocycles. The van der Waals surface area contributed by atoms with E-state index in [1.807, 2.05) is 30.6 Å². The highest BCUT2D eigenvalue weighted by Gasteiger charge is 2.18. The van der Waals surface area contributed by atoms with E-state index in [4.69, 9.17) is 0 Å². The summed E-state index contributed by atoms with van der Waals surface area (Å²) in [6.45, 7) is 8.47. The number of H-pyrrole nitrogens is 1. The van der Waals surface area contributed by atoms with E-state index in [0.717, 1.165) is 69.6 Å². The number of fused-ring (bicyclic) bond motifs is 2.